The van der Waals surface area contributed by atoms with E-state index in [0.29, 0.717) is 6.54 Å². The lowest BCUT2D eigenvalue weighted by molar-refractivity contribution is 0.597. The molecular weight excluding hydrogens is 167 g/mol. The Bertz CT molecular complexity index is 263. The van der Waals surface area contributed by atoms with Crippen molar-refractivity contribution in [2.45, 2.75) is 18.9 Å². The van der Waals surface area contributed by atoms with Crippen molar-refractivity contribution >= 4 is 0 Å². The monoisotopic (exact) mass is 182 g/mol. The third kappa shape index (κ3) is 3.13. The molecule has 13 heavy (non-hydrogen) atoms. The fraction of sp³-hybridized carbons (Fsp3) is 0.400. The van der Waals surface area contributed by atoms with E-state index in [-0.39, 0.29) is 11.9 Å². The molecule has 0 bridgehead atoms. The Morgan fingerprint density at radius 2 is 2.15 bits per heavy atom. The summed E-state index contributed by atoms with van der Waals surface area (Å²) in [7, 11) is 0. The van der Waals surface area contributed by atoms with Crippen molar-refractivity contribution in [3.05, 3.63) is 35.6 Å². The maximum Gasteiger partial charge on any atom is 0.123 e. The molecule has 0 heterocycles. The van der Waals surface area contributed by atoms with Gasteiger partial charge in [-0.15, -0.1) is 0 Å². The highest BCUT2D eigenvalue weighted by molar-refractivity contribution is 5.19. The van der Waals surface area contributed by atoms with Crippen molar-refractivity contribution in [1.29, 1.82) is 0 Å². The van der Waals surface area contributed by atoms with Crippen LogP contribution in [-0.4, -0.2) is 6.54 Å². The molecule has 3 heteroatoms. The van der Waals surface area contributed by atoms with Gasteiger partial charge in [0.15, 0.2) is 0 Å². The van der Waals surface area contributed by atoms with Crippen molar-refractivity contribution in [2.75, 3.05) is 6.54 Å². The maximum atomic E-state index is 12.8. The second-order valence-corrected chi connectivity index (χ2v) is 3.09. The number of nitrogens with two attached hydrogens (primary N) is 2. The Morgan fingerprint density at radius 3 is 2.77 bits per heavy atom. The van der Waals surface area contributed by atoms with Gasteiger partial charge >= 0.3 is 0 Å². The molecule has 0 spiro atoms. The van der Waals surface area contributed by atoms with E-state index in [0.717, 1.165) is 18.4 Å². The molecule has 0 fully saturated rings. The van der Waals surface area contributed by atoms with Crippen LogP contribution in [0.4, 0.5) is 4.39 Å². The highest BCUT2D eigenvalue weighted by Gasteiger charge is 2.05. The van der Waals surface area contributed by atoms with Crippen molar-refractivity contribution in [3.63, 3.8) is 0 Å². The van der Waals surface area contributed by atoms with Crippen LogP contribution in [0.15, 0.2) is 24.3 Å². The van der Waals surface area contributed by atoms with Gasteiger partial charge < -0.3 is 11.5 Å². The fourth-order valence-corrected chi connectivity index (χ4v) is 1.24. The normalized spacial score (nSPS) is 12.8. The second kappa shape index (κ2) is 4.94. The zero-order valence-electron chi connectivity index (χ0n) is 7.54. The Hall–Kier alpha value is -0.930. The molecule has 1 aromatic rings. The number of benzene rings is 1. The highest BCUT2D eigenvalue weighted by atomic mass is 19.1. The first kappa shape index (κ1) is 10.2. The quantitative estimate of drug-likeness (QED) is 0.742. The molecule has 1 aromatic carbocycles. The van der Waals surface area contributed by atoms with Gasteiger partial charge in [0, 0.05) is 6.04 Å². The Morgan fingerprint density at radius 1 is 1.38 bits per heavy atom. The molecule has 4 N–H and O–H groups in total. The number of hydrogen-bond acceptors (Lipinski definition) is 2. The van der Waals surface area contributed by atoms with Gasteiger partial charge in [0.2, 0.25) is 0 Å². The van der Waals surface area contributed by atoms with Gasteiger partial charge in [-0.25, -0.2) is 4.39 Å². The average Bonchev–Trinajstić information content (AvgIpc) is 2.14. The summed E-state index contributed by atoms with van der Waals surface area (Å²) in [6.45, 7) is 0.628. The van der Waals surface area contributed by atoms with Crippen molar-refractivity contribution in [3.8, 4) is 0 Å². The number of hydrogen-bond donors (Lipinski definition) is 2. The summed E-state index contributed by atoms with van der Waals surface area (Å²) in [6.07, 6.45) is 1.68. The van der Waals surface area contributed by atoms with E-state index in [1.807, 2.05) is 6.07 Å². The third-order valence-corrected chi connectivity index (χ3v) is 2.00. The highest BCUT2D eigenvalue weighted by Crippen LogP contribution is 2.15. The number of halogens is 1. The van der Waals surface area contributed by atoms with Crippen LogP contribution in [0.1, 0.15) is 24.4 Å². The van der Waals surface area contributed by atoms with E-state index in [1.165, 1.54) is 12.1 Å². The summed E-state index contributed by atoms with van der Waals surface area (Å²) < 4.78 is 12.8. The Labute approximate surface area is 77.7 Å². The predicted molar refractivity (Wildman–Crippen MR) is 51.6 cm³/mol. The van der Waals surface area contributed by atoms with Gasteiger partial charge in [0.05, 0.1) is 0 Å². The molecule has 0 unspecified atom stereocenters. The molecule has 0 aromatic heterocycles. The summed E-state index contributed by atoms with van der Waals surface area (Å²) in [6, 6.07) is 6.30. The molecule has 1 rings (SSSR count). The Kier molecular flexibility index (Phi) is 3.86. The molecule has 0 radical (unpaired) electrons. The summed E-state index contributed by atoms with van der Waals surface area (Å²) in [5, 5.41) is 0. The van der Waals surface area contributed by atoms with Crippen LogP contribution in [0, 0.1) is 5.82 Å². The average molecular weight is 182 g/mol. The first-order valence-electron chi connectivity index (χ1n) is 4.45. The third-order valence-electron chi connectivity index (χ3n) is 2.00. The maximum absolute atomic E-state index is 12.8. The van der Waals surface area contributed by atoms with E-state index in [1.54, 1.807) is 6.07 Å². The first-order valence-corrected chi connectivity index (χ1v) is 4.45. The Balaban J connectivity index is 2.60. The predicted octanol–water partition coefficient (Wildman–Crippen LogP) is 1.56. The molecule has 0 aliphatic rings. The topological polar surface area (TPSA) is 52.0 Å². The summed E-state index contributed by atoms with van der Waals surface area (Å²) in [5.74, 6) is -0.235. The van der Waals surface area contributed by atoms with Gasteiger partial charge in [-0.2, -0.15) is 0 Å². The SMILES string of the molecule is NCCC[C@@H](N)c1cccc(F)c1. The standard InChI is InChI=1S/C10H15FN2/c11-9-4-1-3-8(7-9)10(13)5-2-6-12/h1,3-4,7,10H,2,5-6,12-13H2/t10-/m1/s1. The molecule has 0 aliphatic heterocycles. The molecule has 2 nitrogen and oxygen atoms in total. The summed E-state index contributed by atoms with van der Waals surface area (Å²) in [4.78, 5) is 0. The smallest absolute Gasteiger partial charge is 0.123 e. The zero-order chi connectivity index (χ0) is 9.68. The van der Waals surface area contributed by atoms with Crippen LogP contribution in [0.25, 0.3) is 0 Å². The lowest BCUT2D eigenvalue weighted by Gasteiger charge is -2.10. The lowest BCUT2D eigenvalue weighted by atomic mass is 10.0. The molecule has 72 valence electrons. The first-order chi connectivity index (χ1) is 6.24. The van der Waals surface area contributed by atoms with Crippen LogP contribution < -0.4 is 11.5 Å². The minimum Gasteiger partial charge on any atom is -0.330 e. The molecule has 0 amide bonds. The zero-order valence-corrected chi connectivity index (χ0v) is 7.54. The van der Waals surface area contributed by atoms with E-state index in [9.17, 15) is 4.39 Å². The van der Waals surface area contributed by atoms with Crippen LogP contribution in [0.5, 0.6) is 0 Å². The number of rotatable bonds is 4. The fourth-order valence-electron chi connectivity index (χ4n) is 1.24. The van der Waals surface area contributed by atoms with E-state index >= 15 is 0 Å². The van der Waals surface area contributed by atoms with E-state index in [2.05, 4.69) is 0 Å². The molecule has 0 saturated heterocycles. The van der Waals surface area contributed by atoms with E-state index < -0.39 is 0 Å². The summed E-state index contributed by atoms with van der Waals surface area (Å²) in [5.41, 5.74) is 12.0. The van der Waals surface area contributed by atoms with Gasteiger partial charge in [-0.1, -0.05) is 12.1 Å². The van der Waals surface area contributed by atoms with Gasteiger partial charge in [-0.05, 0) is 37.1 Å². The van der Waals surface area contributed by atoms with Crippen molar-refractivity contribution < 1.29 is 4.39 Å². The second-order valence-electron chi connectivity index (χ2n) is 3.09. The van der Waals surface area contributed by atoms with Gasteiger partial charge in [0.1, 0.15) is 5.82 Å². The molecule has 1 atom stereocenters. The summed E-state index contributed by atoms with van der Waals surface area (Å²) >= 11 is 0. The van der Waals surface area contributed by atoms with Crippen LogP contribution in [0.3, 0.4) is 0 Å². The van der Waals surface area contributed by atoms with Gasteiger partial charge in [-0.3, -0.25) is 0 Å². The van der Waals surface area contributed by atoms with Crippen LogP contribution >= 0.6 is 0 Å². The van der Waals surface area contributed by atoms with Crippen LogP contribution in [-0.2, 0) is 0 Å². The molecule has 0 saturated carbocycles. The minimum absolute atomic E-state index is 0.0979. The lowest BCUT2D eigenvalue weighted by Crippen LogP contribution is -2.12. The van der Waals surface area contributed by atoms with Crippen molar-refractivity contribution in [2.24, 2.45) is 11.5 Å². The minimum atomic E-state index is -0.235. The largest absolute Gasteiger partial charge is 0.330 e. The molecule has 0 aliphatic carbocycles. The van der Waals surface area contributed by atoms with Crippen LogP contribution in [0.2, 0.25) is 0 Å². The van der Waals surface area contributed by atoms with Gasteiger partial charge in [0.25, 0.3) is 0 Å². The van der Waals surface area contributed by atoms with Crippen molar-refractivity contribution in [1.82, 2.24) is 0 Å². The van der Waals surface area contributed by atoms with E-state index in [4.69, 9.17) is 11.5 Å². The molecular formula is C10H15FN2.